The maximum atomic E-state index is 12.1. The van der Waals surface area contributed by atoms with E-state index in [1.54, 1.807) is 28.9 Å². The Morgan fingerprint density at radius 2 is 2.15 bits per heavy atom. The normalized spacial score (nSPS) is 19.5. The Morgan fingerprint density at radius 1 is 1.50 bits per heavy atom. The maximum absolute atomic E-state index is 12.1. The zero-order valence-electron chi connectivity index (χ0n) is 12.2. The molecule has 1 fully saturated rings. The summed E-state index contributed by atoms with van der Waals surface area (Å²) in [4.78, 5) is 26.5. The molecule has 1 atom stereocenters. The third-order valence-corrected chi connectivity index (χ3v) is 3.37. The molecule has 7 nitrogen and oxygen atoms in total. The molecule has 0 aliphatic carbocycles. The van der Waals surface area contributed by atoms with Crippen LogP contribution in [0, 0.1) is 0 Å². The number of nitrogens with zero attached hydrogens (tertiary/aromatic N) is 4. The molecule has 2 amide bonds. The van der Waals surface area contributed by atoms with Gasteiger partial charge in [0.1, 0.15) is 0 Å². The number of aromatic nitrogens is 2. The number of carboxylic acid groups (broad SMARTS) is 1. The number of hydrogen-bond acceptors (Lipinski definition) is 3. The minimum atomic E-state index is -1.00. The second kappa shape index (κ2) is 4.81. The molecule has 2 heterocycles. The molecule has 0 unspecified atom stereocenters. The lowest BCUT2D eigenvalue weighted by Gasteiger charge is -2.37. The molecule has 1 saturated heterocycles. The minimum Gasteiger partial charge on any atom is -0.465 e. The van der Waals surface area contributed by atoms with Crippen molar-refractivity contribution in [2.45, 2.75) is 38.8 Å². The van der Waals surface area contributed by atoms with Crippen molar-refractivity contribution in [1.29, 1.82) is 0 Å². The van der Waals surface area contributed by atoms with Gasteiger partial charge in [0.15, 0.2) is 5.82 Å². The summed E-state index contributed by atoms with van der Waals surface area (Å²) in [7, 11) is 1.78. The quantitative estimate of drug-likeness (QED) is 0.885. The number of carbonyl (C=O) groups is 2. The third-order valence-electron chi connectivity index (χ3n) is 3.37. The first-order chi connectivity index (χ1) is 9.20. The third kappa shape index (κ3) is 2.61. The van der Waals surface area contributed by atoms with Crippen LogP contribution in [0.5, 0.6) is 0 Å². The number of hydrogen-bond donors (Lipinski definition) is 1. The monoisotopic (exact) mass is 280 g/mol. The smallest absolute Gasteiger partial charge is 0.408 e. The number of aryl methyl sites for hydroxylation is 1. The van der Waals surface area contributed by atoms with E-state index in [0.29, 0.717) is 12.4 Å². The Bertz CT molecular complexity index is 532. The van der Waals surface area contributed by atoms with Gasteiger partial charge in [-0.15, -0.1) is 0 Å². The van der Waals surface area contributed by atoms with Crippen molar-refractivity contribution in [1.82, 2.24) is 14.7 Å². The second-order valence-corrected chi connectivity index (χ2v) is 6.03. The number of anilines is 1. The lowest BCUT2D eigenvalue weighted by Crippen LogP contribution is -2.52. The highest BCUT2D eigenvalue weighted by atomic mass is 16.4. The van der Waals surface area contributed by atoms with Gasteiger partial charge in [0.25, 0.3) is 0 Å². The molecule has 20 heavy (non-hydrogen) atoms. The highest BCUT2D eigenvalue weighted by Gasteiger charge is 2.41. The maximum Gasteiger partial charge on any atom is 0.408 e. The predicted molar refractivity (Wildman–Crippen MR) is 73.6 cm³/mol. The molecule has 0 radical (unpaired) electrons. The van der Waals surface area contributed by atoms with Crippen molar-refractivity contribution in [3.8, 4) is 0 Å². The van der Waals surface area contributed by atoms with Gasteiger partial charge >= 0.3 is 6.09 Å². The van der Waals surface area contributed by atoms with Crippen LogP contribution in [0.3, 0.4) is 0 Å². The molecule has 110 valence electrons. The van der Waals surface area contributed by atoms with E-state index >= 15 is 0 Å². The summed E-state index contributed by atoms with van der Waals surface area (Å²) in [6.07, 6.45) is 0.951. The summed E-state index contributed by atoms with van der Waals surface area (Å²) in [5.74, 6) is 0.475. The van der Waals surface area contributed by atoms with Crippen molar-refractivity contribution >= 4 is 17.8 Å². The van der Waals surface area contributed by atoms with Crippen LogP contribution >= 0.6 is 0 Å². The van der Waals surface area contributed by atoms with Crippen molar-refractivity contribution in [3.05, 3.63) is 12.3 Å². The highest BCUT2D eigenvalue weighted by Crippen LogP contribution is 2.27. The first-order valence-corrected chi connectivity index (χ1v) is 6.52. The molecule has 1 N–H and O–H groups in total. The van der Waals surface area contributed by atoms with E-state index in [-0.39, 0.29) is 18.4 Å². The largest absolute Gasteiger partial charge is 0.465 e. The average molecular weight is 280 g/mol. The molecule has 1 aromatic rings. The van der Waals surface area contributed by atoms with Gasteiger partial charge in [-0.2, -0.15) is 5.10 Å². The zero-order chi connectivity index (χ0) is 15.1. The molecule has 1 aliphatic rings. The first kappa shape index (κ1) is 14.4. The van der Waals surface area contributed by atoms with Crippen LogP contribution in [-0.2, 0) is 11.8 Å². The van der Waals surface area contributed by atoms with Crippen LogP contribution in [-0.4, -0.2) is 49.9 Å². The predicted octanol–water partition coefficient (Wildman–Crippen LogP) is 1.30. The summed E-state index contributed by atoms with van der Waals surface area (Å²) in [5, 5.41) is 13.6. The van der Waals surface area contributed by atoms with E-state index in [1.807, 2.05) is 20.8 Å². The summed E-state index contributed by atoms with van der Waals surface area (Å²) >= 11 is 0. The standard InChI is InChI=1S/C13H20N4O3/c1-13(2,3)17(12(19)20)9-7-11(18)16(8-9)10-5-6-15(4)14-10/h5-6,9H,7-8H2,1-4H3,(H,19,20)/t9-/m0/s1. The molecule has 1 aliphatic heterocycles. The van der Waals surface area contributed by atoms with Gasteiger partial charge in [-0.05, 0) is 20.8 Å². The van der Waals surface area contributed by atoms with Crippen LogP contribution in [0.2, 0.25) is 0 Å². The van der Waals surface area contributed by atoms with Crippen molar-refractivity contribution in [3.63, 3.8) is 0 Å². The van der Waals surface area contributed by atoms with Gasteiger partial charge < -0.3 is 5.11 Å². The van der Waals surface area contributed by atoms with Crippen molar-refractivity contribution < 1.29 is 14.7 Å². The lowest BCUT2D eigenvalue weighted by molar-refractivity contribution is -0.117. The van der Waals surface area contributed by atoms with E-state index in [0.717, 1.165) is 0 Å². The molecule has 0 aromatic carbocycles. The summed E-state index contributed by atoms with van der Waals surface area (Å²) < 4.78 is 1.62. The molecular formula is C13H20N4O3. The van der Waals surface area contributed by atoms with Crippen LogP contribution in [0.25, 0.3) is 0 Å². The van der Waals surface area contributed by atoms with Crippen LogP contribution in [0.1, 0.15) is 27.2 Å². The molecule has 2 rings (SSSR count). The fourth-order valence-electron chi connectivity index (χ4n) is 2.62. The lowest BCUT2D eigenvalue weighted by atomic mass is 10.0. The molecule has 0 bridgehead atoms. The van der Waals surface area contributed by atoms with E-state index < -0.39 is 11.6 Å². The van der Waals surface area contributed by atoms with E-state index in [4.69, 9.17) is 0 Å². The molecule has 1 aromatic heterocycles. The first-order valence-electron chi connectivity index (χ1n) is 6.52. The van der Waals surface area contributed by atoms with Crippen molar-refractivity contribution in [2.24, 2.45) is 7.05 Å². The SMILES string of the molecule is Cn1ccc(N2C[C@@H](N(C(=O)O)C(C)(C)C)CC2=O)n1. The van der Waals surface area contributed by atoms with E-state index in [2.05, 4.69) is 5.10 Å². The number of carbonyl (C=O) groups excluding carboxylic acids is 1. The van der Waals surface area contributed by atoms with Crippen LogP contribution < -0.4 is 4.90 Å². The van der Waals surface area contributed by atoms with Gasteiger partial charge in [0.2, 0.25) is 5.91 Å². The Morgan fingerprint density at radius 3 is 2.60 bits per heavy atom. The fourth-order valence-corrected chi connectivity index (χ4v) is 2.62. The molecule has 7 heteroatoms. The van der Waals surface area contributed by atoms with E-state index in [9.17, 15) is 14.7 Å². The summed E-state index contributed by atoms with van der Waals surface area (Å²) in [5.41, 5.74) is -0.545. The Balaban J connectivity index is 2.21. The van der Waals surface area contributed by atoms with Gasteiger partial charge in [-0.1, -0.05) is 0 Å². The number of rotatable bonds is 2. The molecule has 0 saturated carbocycles. The fraction of sp³-hybridized carbons (Fsp3) is 0.615. The number of amides is 2. The minimum absolute atomic E-state index is 0.0933. The average Bonchev–Trinajstić information content (AvgIpc) is 2.82. The summed E-state index contributed by atoms with van der Waals surface area (Å²) in [6.45, 7) is 5.83. The van der Waals surface area contributed by atoms with Gasteiger partial charge in [-0.25, -0.2) is 4.79 Å². The van der Waals surface area contributed by atoms with Crippen LogP contribution in [0.15, 0.2) is 12.3 Å². The summed E-state index contributed by atoms with van der Waals surface area (Å²) in [6, 6.07) is 1.41. The molecular weight excluding hydrogens is 260 g/mol. The highest BCUT2D eigenvalue weighted by molar-refractivity contribution is 5.95. The van der Waals surface area contributed by atoms with E-state index in [1.165, 1.54) is 4.90 Å². The Labute approximate surface area is 117 Å². The van der Waals surface area contributed by atoms with Crippen molar-refractivity contribution in [2.75, 3.05) is 11.4 Å². The zero-order valence-corrected chi connectivity index (χ0v) is 12.2. The Hall–Kier alpha value is -2.05. The topological polar surface area (TPSA) is 78.7 Å². The second-order valence-electron chi connectivity index (χ2n) is 6.03. The Kier molecular flexibility index (Phi) is 3.45. The van der Waals surface area contributed by atoms with Gasteiger partial charge in [0, 0.05) is 37.8 Å². The molecule has 0 spiro atoms. The van der Waals surface area contributed by atoms with Gasteiger partial charge in [-0.3, -0.25) is 19.3 Å². The van der Waals surface area contributed by atoms with Gasteiger partial charge in [0.05, 0.1) is 6.04 Å². The van der Waals surface area contributed by atoms with Crippen LogP contribution in [0.4, 0.5) is 10.6 Å².